The first-order valence-electron chi connectivity index (χ1n) is 7.57. The van der Waals surface area contributed by atoms with Crippen molar-refractivity contribution in [2.75, 3.05) is 13.1 Å². The third-order valence-electron chi connectivity index (χ3n) is 3.98. The molecule has 1 saturated heterocycles. The van der Waals surface area contributed by atoms with Gasteiger partial charge in [0.15, 0.2) is 5.82 Å². The second-order valence-electron chi connectivity index (χ2n) is 5.62. The van der Waals surface area contributed by atoms with Crippen molar-refractivity contribution in [1.82, 2.24) is 15.5 Å². The van der Waals surface area contributed by atoms with E-state index in [1.165, 1.54) is 19.3 Å². The van der Waals surface area contributed by atoms with Gasteiger partial charge in [-0.25, -0.2) is 0 Å². The Morgan fingerprint density at radius 3 is 3.05 bits per heavy atom. The van der Waals surface area contributed by atoms with E-state index in [4.69, 9.17) is 16.1 Å². The van der Waals surface area contributed by atoms with Gasteiger partial charge in [-0.15, -0.1) is 0 Å². The quantitative estimate of drug-likeness (QED) is 0.942. The van der Waals surface area contributed by atoms with Crippen molar-refractivity contribution in [3.05, 3.63) is 46.6 Å². The number of hydrogen-bond donors (Lipinski definition) is 1. The fraction of sp³-hybridized carbons (Fsp3) is 0.500. The van der Waals surface area contributed by atoms with Gasteiger partial charge in [-0.3, -0.25) is 0 Å². The van der Waals surface area contributed by atoms with E-state index in [0.29, 0.717) is 18.2 Å². The second-order valence-corrected chi connectivity index (χ2v) is 6.03. The van der Waals surface area contributed by atoms with E-state index in [1.807, 2.05) is 24.3 Å². The molecule has 1 N–H and O–H groups in total. The Balaban J connectivity index is 1.62. The van der Waals surface area contributed by atoms with Crippen LogP contribution in [0, 0.1) is 5.92 Å². The van der Waals surface area contributed by atoms with E-state index < -0.39 is 0 Å². The van der Waals surface area contributed by atoms with Crippen LogP contribution in [0.4, 0.5) is 0 Å². The minimum Gasteiger partial charge on any atom is -0.339 e. The zero-order valence-electron chi connectivity index (χ0n) is 12.0. The van der Waals surface area contributed by atoms with Crippen LogP contribution in [-0.2, 0) is 12.8 Å². The minimum absolute atomic E-state index is 0.620. The molecule has 1 aliphatic rings. The van der Waals surface area contributed by atoms with Gasteiger partial charge in [0.1, 0.15) is 0 Å². The number of rotatable bonds is 4. The van der Waals surface area contributed by atoms with E-state index in [1.54, 1.807) is 0 Å². The zero-order valence-corrected chi connectivity index (χ0v) is 12.8. The standard InChI is InChI=1S/C16H20ClN3O/c17-14-6-2-1-5-13(14)11-15-19-16(21-20-15)10-12-4-3-8-18-9-7-12/h1-2,5-6,12,18H,3-4,7-11H2. The maximum absolute atomic E-state index is 6.16. The van der Waals surface area contributed by atoms with Crippen molar-refractivity contribution < 1.29 is 4.52 Å². The van der Waals surface area contributed by atoms with Crippen LogP contribution in [0.15, 0.2) is 28.8 Å². The smallest absolute Gasteiger partial charge is 0.226 e. The summed E-state index contributed by atoms with van der Waals surface area (Å²) >= 11 is 6.16. The number of aromatic nitrogens is 2. The maximum Gasteiger partial charge on any atom is 0.226 e. The Morgan fingerprint density at radius 1 is 1.24 bits per heavy atom. The van der Waals surface area contributed by atoms with Gasteiger partial charge >= 0.3 is 0 Å². The van der Waals surface area contributed by atoms with Crippen molar-refractivity contribution in [2.45, 2.75) is 32.1 Å². The second kappa shape index (κ2) is 7.05. The van der Waals surface area contributed by atoms with E-state index in [-0.39, 0.29) is 0 Å². The summed E-state index contributed by atoms with van der Waals surface area (Å²) in [5, 5.41) is 8.26. The molecule has 3 rings (SSSR count). The summed E-state index contributed by atoms with van der Waals surface area (Å²) < 4.78 is 5.40. The highest BCUT2D eigenvalue weighted by Crippen LogP contribution is 2.20. The average molecular weight is 306 g/mol. The highest BCUT2D eigenvalue weighted by Gasteiger charge is 2.16. The van der Waals surface area contributed by atoms with Crippen LogP contribution >= 0.6 is 11.6 Å². The summed E-state index contributed by atoms with van der Waals surface area (Å²) in [4.78, 5) is 4.51. The summed E-state index contributed by atoms with van der Waals surface area (Å²) in [6.07, 6.45) is 5.15. The van der Waals surface area contributed by atoms with Crippen LogP contribution in [0.5, 0.6) is 0 Å². The lowest BCUT2D eigenvalue weighted by molar-refractivity contribution is 0.339. The van der Waals surface area contributed by atoms with E-state index in [0.717, 1.165) is 36.0 Å². The normalized spacial score (nSPS) is 19.4. The molecule has 2 aromatic rings. The first kappa shape index (κ1) is 14.5. The summed E-state index contributed by atoms with van der Waals surface area (Å²) in [5.41, 5.74) is 1.03. The Kier molecular flexibility index (Phi) is 4.88. The van der Waals surface area contributed by atoms with E-state index >= 15 is 0 Å². The van der Waals surface area contributed by atoms with Crippen molar-refractivity contribution in [3.8, 4) is 0 Å². The third kappa shape index (κ3) is 4.05. The Morgan fingerprint density at radius 2 is 2.14 bits per heavy atom. The summed E-state index contributed by atoms with van der Waals surface area (Å²) in [6.45, 7) is 2.21. The van der Waals surface area contributed by atoms with Gasteiger partial charge in [-0.2, -0.15) is 4.98 Å². The van der Waals surface area contributed by atoms with Crippen molar-refractivity contribution >= 4 is 11.6 Å². The van der Waals surface area contributed by atoms with Crippen LogP contribution in [-0.4, -0.2) is 23.2 Å². The van der Waals surface area contributed by atoms with Gasteiger partial charge in [-0.05, 0) is 49.9 Å². The minimum atomic E-state index is 0.620. The third-order valence-corrected chi connectivity index (χ3v) is 4.34. The largest absolute Gasteiger partial charge is 0.339 e. The van der Waals surface area contributed by atoms with Crippen molar-refractivity contribution in [1.29, 1.82) is 0 Å². The molecule has 21 heavy (non-hydrogen) atoms. The van der Waals surface area contributed by atoms with Gasteiger partial charge in [-0.1, -0.05) is 35.0 Å². The number of nitrogens with zero attached hydrogens (tertiary/aromatic N) is 2. The average Bonchev–Trinajstić information content (AvgIpc) is 2.75. The summed E-state index contributed by atoms with van der Waals surface area (Å²) in [5.74, 6) is 2.11. The van der Waals surface area contributed by atoms with Crippen LogP contribution in [0.3, 0.4) is 0 Å². The lowest BCUT2D eigenvalue weighted by Gasteiger charge is -2.09. The lowest BCUT2D eigenvalue weighted by Crippen LogP contribution is -2.14. The molecule has 1 aromatic heterocycles. The number of nitrogens with one attached hydrogen (secondary N) is 1. The molecular weight excluding hydrogens is 286 g/mol. The highest BCUT2D eigenvalue weighted by atomic mass is 35.5. The van der Waals surface area contributed by atoms with Crippen LogP contribution in [0.2, 0.25) is 5.02 Å². The summed E-state index contributed by atoms with van der Waals surface area (Å²) in [6, 6.07) is 7.78. The summed E-state index contributed by atoms with van der Waals surface area (Å²) in [7, 11) is 0. The Labute approximate surface area is 129 Å². The fourth-order valence-corrected chi connectivity index (χ4v) is 3.00. The lowest BCUT2D eigenvalue weighted by atomic mass is 9.97. The molecule has 0 saturated carbocycles. The molecule has 112 valence electrons. The Hall–Kier alpha value is -1.39. The molecule has 1 atom stereocenters. The molecule has 0 aliphatic carbocycles. The van der Waals surface area contributed by atoms with Gasteiger partial charge in [0, 0.05) is 17.9 Å². The molecule has 5 heteroatoms. The number of halogens is 1. The monoisotopic (exact) mass is 305 g/mol. The van der Waals surface area contributed by atoms with Crippen molar-refractivity contribution in [2.24, 2.45) is 5.92 Å². The van der Waals surface area contributed by atoms with Crippen LogP contribution in [0.25, 0.3) is 0 Å². The molecule has 1 aromatic carbocycles. The van der Waals surface area contributed by atoms with Gasteiger partial charge < -0.3 is 9.84 Å². The molecule has 0 bridgehead atoms. The molecular formula is C16H20ClN3O. The molecule has 1 unspecified atom stereocenters. The van der Waals surface area contributed by atoms with E-state index in [2.05, 4.69) is 15.5 Å². The van der Waals surface area contributed by atoms with Gasteiger partial charge in [0.25, 0.3) is 0 Å². The van der Waals surface area contributed by atoms with Crippen LogP contribution < -0.4 is 5.32 Å². The van der Waals surface area contributed by atoms with Gasteiger partial charge in [0.2, 0.25) is 5.89 Å². The predicted molar refractivity (Wildman–Crippen MR) is 82.5 cm³/mol. The molecule has 4 nitrogen and oxygen atoms in total. The van der Waals surface area contributed by atoms with Crippen LogP contribution in [0.1, 0.15) is 36.5 Å². The fourth-order valence-electron chi connectivity index (χ4n) is 2.80. The number of benzene rings is 1. The van der Waals surface area contributed by atoms with Crippen molar-refractivity contribution in [3.63, 3.8) is 0 Å². The highest BCUT2D eigenvalue weighted by molar-refractivity contribution is 6.31. The first-order chi connectivity index (χ1) is 10.3. The maximum atomic E-state index is 6.16. The number of hydrogen-bond acceptors (Lipinski definition) is 4. The predicted octanol–water partition coefficient (Wildman–Crippen LogP) is 3.25. The molecule has 0 spiro atoms. The zero-order chi connectivity index (χ0) is 14.5. The molecule has 2 heterocycles. The Bertz CT molecular complexity index is 576. The topological polar surface area (TPSA) is 51.0 Å². The molecule has 1 fully saturated rings. The molecule has 0 radical (unpaired) electrons. The van der Waals surface area contributed by atoms with Gasteiger partial charge in [0.05, 0.1) is 0 Å². The SMILES string of the molecule is Clc1ccccc1Cc1noc(CC2CCCNCC2)n1. The van der Waals surface area contributed by atoms with E-state index in [9.17, 15) is 0 Å². The molecule has 0 amide bonds. The first-order valence-corrected chi connectivity index (χ1v) is 7.94. The molecule has 1 aliphatic heterocycles.